The molecule has 0 saturated carbocycles. The van der Waals surface area contributed by atoms with Crippen LogP contribution in [0.3, 0.4) is 0 Å². The fraction of sp³-hybridized carbons (Fsp3) is 0.333. The average molecular weight is 342 g/mol. The molecule has 0 unspecified atom stereocenters. The number of hydrogen-bond donors (Lipinski definition) is 0. The molecule has 1 aromatic carbocycles. The standard InChI is InChI=1S/C18H18N2O3S/c21-18(12-14-13-4-1-2-5-15(13)23-19-14)20-8-7-17(24-11-9-20)16-6-3-10-22-16/h1-6,10,17H,7-9,11-12H2/t17-/m0/s1. The predicted molar refractivity (Wildman–Crippen MR) is 92.8 cm³/mol. The molecule has 3 aromatic rings. The normalized spacial score (nSPS) is 18.7. The Kier molecular flexibility index (Phi) is 4.30. The van der Waals surface area contributed by atoms with E-state index in [-0.39, 0.29) is 12.3 Å². The maximum absolute atomic E-state index is 12.7. The maximum Gasteiger partial charge on any atom is 0.228 e. The number of para-hydroxylation sites is 1. The molecule has 6 heteroatoms. The SMILES string of the molecule is O=C(Cc1noc2ccccc12)N1CCS[C@H](c2ccco2)CC1. The summed E-state index contributed by atoms with van der Waals surface area (Å²) in [5.74, 6) is 2.02. The topological polar surface area (TPSA) is 59.5 Å². The van der Waals surface area contributed by atoms with Crippen molar-refractivity contribution in [2.24, 2.45) is 0 Å². The van der Waals surface area contributed by atoms with Gasteiger partial charge in [0.1, 0.15) is 11.5 Å². The zero-order valence-corrected chi connectivity index (χ0v) is 14.0. The van der Waals surface area contributed by atoms with Crippen LogP contribution in [0.1, 0.15) is 23.1 Å². The Labute approximate surface area is 144 Å². The number of rotatable bonds is 3. The van der Waals surface area contributed by atoms with Crippen molar-refractivity contribution in [3.63, 3.8) is 0 Å². The lowest BCUT2D eigenvalue weighted by Crippen LogP contribution is -2.34. The van der Waals surface area contributed by atoms with Gasteiger partial charge in [-0.2, -0.15) is 0 Å². The highest BCUT2D eigenvalue weighted by molar-refractivity contribution is 7.99. The van der Waals surface area contributed by atoms with Gasteiger partial charge in [-0.1, -0.05) is 17.3 Å². The summed E-state index contributed by atoms with van der Waals surface area (Å²) in [4.78, 5) is 14.6. The van der Waals surface area contributed by atoms with E-state index in [1.54, 1.807) is 6.26 Å². The maximum atomic E-state index is 12.7. The molecule has 0 bridgehead atoms. The summed E-state index contributed by atoms with van der Waals surface area (Å²) in [5.41, 5.74) is 1.44. The molecule has 0 N–H and O–H groups in total. The van der Waals surface area contributed by atoms with Crippen LogP contribution in [0.25, 0.3) is 11.0 Å². The molecule has 1 aliphatic heterocycles. The van der Waals surface area contributed by atoms with Gasteiger partial charge in [0, 0.05) is 24.2 Å². The summed E-state index contributed by atoms with van der Waals surface area (Å²) in [6.45, 7) is 1.50. The van der Waals surface area contributed by atoms with Crippen LogP contribution in [0.15, 0.2) is 51.6 Å². The van der Waals surface area contributed by atoms with Crippen LogP contribution in [0.4, 0.5) is 0 Å². The molecule has 0 spiro atoms. The van der Waals surface area contributed by atoms with Gasteiger partial charge in [0.2, 0.25) is 5.91 Å². The fourth-order valence-electron chi connectivity index (χ4n) is 3.04. The number of hydrogen-bond acceptors (Lipinski definition) is 5. The third-order valence-electron chi connectivity index (χ3n) is 4.33. The second-order valence-electron chi connectivity index (χ2n) is 5.85. The number of benzene rings is 1. The second kappa shape index (κ2) is 6.73. The summed E-state index contributed by atoms with van der Waals surface area (Å²) in [7, 11) is 0. The van der Waals surface area contributed by atoms with Gasteiger partial charge >= 0.3 is 0 Å². The van der Waals surface area contributed by atoms with Gasteiger partial charge in [-0.3, -0.25) is 4.79 Å². The van der Waals surface area contributed by atoms with Gasteiger partial charge < -0.3 is 13.8 Å². The Morgan fingerprint density at radius 3 is 3.04 bits per heavy atom. The van der Waals surface area contributed by atoms with Crippen molar-refractivity contribution in [3.05, 3.63) is 54.1 Å². The van der Waals surface area contributed by atoms with Crippen LogP contribution >= 0.6 is 11.8 Å². The number of nitrogens with zero attached hydrogens (tertiary/aromatic N) is 2. The van der Waals surface area contributed by atoms with Crippen molar-refractivity contribution >= 4 is 28.6 Å². The first kappa shape index (κ1) is 15.3. The minimum absolute atomic E-state index is 0.106. The van der Waals surface area contributed by atoms with Crippen molar-refractivity contribution in [2.45, 2.75) is 18.1 Å². The molecule has 24 heavy (non-hydrogen) atoms. The average Bonchev–Trinajstić information content (AvgIpc) is 3.20. The number of thioether (sulfide) groups is 1. The summed E-state index contributed by atoms with van der Waals surface area (Å²) >= 11 is 1.85. The van der Waals surface area contributed by atoms with E-state index >= 15 is 0 Å². The first-order chi connectivity index (χ1) is 11.8. The molecule has 1 amide bonds. The fourth-order valence-corrected chi connectivity index (χ4v) is 4.22. The number of carbonyl (C=O) groups is 1. The molecule has 1 fully saturated rings. The van der Waals surface area contributed by atoms with Crippen LogP contribution in [-0.2, 0) is 11.2 Å². The first-order valence-electron chi connectivity index (χ1n) is 8.07. The lowest BCUT2D eigenvalue weighted by Gasteiger charge is -2.19. The van der Waals surface area contributed by atoms with E-state index in [4.69, 9.17) is 8.94 Å². The molecular formula is C18H18N2O3S. The van der Waals surface area contributed by atoms with Gasteiger partial charge in [0.15, 0.2) is 5.58 Å². The van der Waals surface area contributed by atoms with Crippen molar-refractivity contribution in [1.82, 2.24) is 10.1 Å². The predicted octanol–water partition coefficient (Wildman–Crippen LogP) is 3.67. The molecule has 1 aliphatic rings. The zero-order chi connectivity index (χ0) is 16.4. The van der Waals surface area contributed by atoms with E-state index in [1.165, 1.54) is 0 Å². The Morgan fingerprint density at radius 2 is 2.17 bits per heavy atom. The highest BCUT2D eigenvalue weighted by atomic mass is 32.2. The number of aromatic nitrogens is 1. The van der Waals surface area contributed by atoms with Crippen molar-refractivity contribution in [2.75, 3.05) is 18.8 Å². The lowest BCUT2D eigenvalue weighted by atomic mass is 10.1. The number of furan rings is 1. The third kappa shape index (κ3) is 3.06. The Bertz CT molecular complexity index is 828. The van der Waals surface area contributed by atoms with Gasteiger partial charge in [-0.05, 0) is 30.7 Å². The van der Waals surface area contributed by atoms with Crippen LogP contribution in [-0.4, -0.2) is 34.8 Å². The molecule has 3 heterocycles. The van der Waals surface area contributed by atoms with E-state index in [2.05, 4.69) is 5.16 Å². The van der Waals surface area contributed by atoms with Crippen LogP contribution in [0.5, 0.6) is 0 Å². The van der Waals surface area contributed by atoms with Gasteiger partial charge in [-0.25, -0.2) is 0 Å². The van der Waals surface area contributed by atoms with Crippen molar-refractivity contribution in [3.8, 4) is 0 Å². The summed E-state index contributed by atoms with van der Waals surface area (Å²) in [5, 5.41) is 5.31. The van der Waals surface area contributed by atoms with E-state index in [1.807, 2.05) is 53.1 Å². The van der Waals surface area contributed by atoms with Gasteiger partial charge in [0.25, 0.3) is 0 Å². The third-order valence-corrected chi connectivity index (χ3v) is 5.61. The van der Waals surface area contributed by atoms with Crippen LogP contribution in [0.2, 0.25) is 0 Å². The van der Waals surface area contributed by atoms with Crippen molar-refractivity contribution in [1.29, 1.82) is 0 Å². The molecule has 1 saturated heterocycles. The Morgan fingerprint density at radius 1 is 1.25 bits per heavy atom. The minimum Gasteiger partial charge on any atom is -0.468 e. The highest BCUT2D eigenvalue weighted by Gasteiger charge is 2.24. The van der Waals surface area contributed by atoms with E-state index in [0.29, 0.717) is 5.25 Å². The quantitative estimate of drug-likeness (QED) is 0.727. The Hall–Kier alpha value is -2.21. The summed E-state index contributed by atoms with van der Waals surface area (Å²) < 4.78 is 10.8. The van der Waals surface area contributed by atoms with E-state index in [0.717, 1.165) is 47.7 Å². The summed E-state index contributed by atoms with van der Waals surface area (Å²) in [6.07, 6.45) is 2.90. The molecule has 2 aromatic heterocycles. The molecule has 124 valence electrons. The van der Waals surface area contributed by atoms with Gasteiger partial charge in [0.05, 0.1) is 17.9 Å². The zero-order valence-electron chi connectivity index (χ0n) is 13.2. The summed E-state index contributed by atoms with van der Waals surface area (Å²) in [6, 6.07) is 11.6. The molecular weight excluding hydrogens is 324 g/mol. The molecule has 0 radical (unpaired) electrons. The van der Waals surface area contributed by atoms with Crippen LogP contribution in [0, 0.1) is 0 Å². The monoisotopic (exact) mass is 342 g/mol. The van der Waals surface area contributed by atoms with Crippen LogP contribution < -0.4 is 0 Å². The number of carbonyl (C=O) groups excluding carboxylic acids is 1. The highest BCUT2D eigenvalue weighted by Crippen LogP contribution is 2.34. The number of amides is 1. The van der Waals surface area contributed by atoms with E-state index in [9.17, 15) is 4.79 Å². The lowest BCUT2D eigenvalue weighted by molar-refractivity contribution is -0.130. The Balaban J connectivity index is 1.43. The number of fused-ring (bicyclic) bond motifs is 1. The second-order valence-corrected chi connectivity index (χ2v) is 7.16. The van der Waals surface area contributed by atoms with E-state index < -0.39 is 0 Å². The first-order valence-corrected chi connectivity index (χ1v) is 9.12. The minimum atomic E-state index is 0.106. The van der Waals surface area contributed by atoms with Crippen molar-refractivity contribution < 1.29 is 13.7 Å². The largest absolute Gasteiger partial charge is 0.468 e. The molecule has 4 rings (SSSR count). The smallest absolute Gasteiger partial charge is 0.228 e. The van der Waals surface area contributed by atoms with Gasteiger partial charge in [-0.15, -0.1) is 11.8 Å². The molecule has 0 aliphatic carbocycles. The molecule has 1 atom stereocenters. The molecule has 5 nitrogen and oxygen atoms in total.